The first-order valence-electron chi connectivity index (χ1n) is 9.43. The van der Waals surface area contributed by atoms with Crippen molar-refractivity contribution in [1.29, 1.82) is 0 Å². The monoisotopic (exact) mass is 387 g/mol. The number of esters is 1. The number of rotatable bonds is 7. The summed E-state index contributed by atoms with van der Waals surface area (Å²) < 4.78 is 12.6. The molecule has 2 aromatic heterocycles. The highest BCUT2D eigenvalue weighted by Crippen LogP contribution is 2.19. The van der Waals surface area contributed by atoms with Crippen LogP contribution >= 0.6 is 0 Å². The number of oxazole rings is 1. The van der Waals surface area contributed by atoms with Crippen LogP contribution in [0.1, 0.15) is 23.2 Å². The lowest BCUT2D eigenvalue weighted by Gasteiger charge is -2.02. The summed E-state index contributed by atoms with van der Waals surface area (Å²) in [5.41, 5.74) is 4.61. The lowest BCUT2D eigenvalue weighted by molar-refractivity contribution is -0.145. The molecule has 2 heterocycles. The first kappa shape index (κ1) is 18.7. The first-order chi connectivity index (χ1) is 14.2. The smallest absolute Gasteiger partial charge is 0.306 e. The van der Waals surface area contributed by atoms with E-state index in [4.69, 9.17) is 9.15 Å². The minimum Gasteiger partial charge on any atom is -0.459 e. The van der Waals surface area contributed by atoms with Crippen molar-refractivity contribution in [3.05, 3.63) is 90.1 Å². The van der Waals surface area contributed by atoms with Crippen LogP contribution in [0.2, 0.25) is 0 Å². The van der Waals surface area contributed by atoms with Crippen molar-refractivity contribution >= 4 is 5.97 Å². The fourth-order valence-electron chi connectivity index (χ4n) is 2.89. The van der Waals surface area contributed by atoms with Gasteiger partial charge in [-0.05, 0) is 43.2 Å². The number of benzene rings is 2. The normalized spacial score (nSPS) is 10.8. The molecule has 0 spiro atoms. The van der Waals surface area contributed by atoms with Gasteiger partial charge >= 0.3 is 5.97 Å². The van der Waals surface area contributed by atoms with Crippen LogP contribution in [0.25, 0.3) is 17.1 Å². The minimum absolute atomic E-state index is 0.0947. The molecule has 0 unspecified atom stereocenters. The van der Waals surface area contributed by atoms with Gasteiger partial charge in [-0.1, -0.05) is 35.9 Å². The molecule has 4 aromatic rings. The van der Waals surface area contributed by atoms with Crippen molar-refractivity contribution < 1.29 is 13.9 Å². The van der Waals surface area contributed by atoms with Crippen LogP contribution in [0.4, 0.5) is 0 Å². The molecule has 0 fully saturated rings. The predicted octanol–water partition coefficient (Wildman–Crippen LogP) is 4.51. The number of carbonyl (C=O) groups excluding carboxylic acids is 1. The molecule has 0 saturated carbocycles. The minimum atomic E-state index is -0.280. The van der Waals surface area contributed by atoms with E-state index >= 15 is 0 Å². The molecule has 0 aliphatic heterocycles. The van der Waals surface area contributed by atoms with Crippen molar-refractivity contribution in [2.24, 2.45) is 0 Å². The molecule has 0 atom stereocenters. The molecule has 0 aliphatic carbocycles. The molecular formula is C23H21N3O3. The van der Waals surface area contributed by atoms with E-state index in [9.17, 15) is 4.79 Å². The summed E-state index contributed by atoms with van der Waals surface area (Å²) in [6.07, 6.45) is 6.06. The number of aromatic nitrogens is 3. The van der Waals surface area contributed by atoms with Gasteiger partial charge < -0.3 is 9.15 Å². The average Bonchev–Trinajstić information content (AvgIpc) is 3.42. The summed E-state index contributed by atoms with van der Waals surface area (Å²) in [5, 5.41) is 4.34. The Morgan fingerprint density at radius 1 is 1.10 bits per heavy atom. The van der Waals surface area contributed by atoms with E-state index in [1.54, 1.807) is 10.9 Å². The molecule has 146 valence electrons. The fraction of sp³-hybridized carbons (Fsp3) is 0.174. The highest BCUT2D eigenvalue weighted by molar-refractivity contribution is 5.69. The van der Waals surface area contributed by atoms with E-state index in [-0.39, 0.29) is 19.0 Å². The first-order valence-corrected chi connectivity index (χ1v) is 9.43. The van der Waals surface area contributed by atoms with Gasteiger partial charge in [0.15, 0.2) is 0 Å². The Hall–Kier alpha value is -3.67. The van der Waals surface area contributed by atoms with Crippen molar-refractivity contribution in [2.45, 2.75) is 26.4 Å². The largest absolute Gasteiger partial charge is 0.459 e. The van der Waals surface area contributed by atoms with Gasteiger partial charge in [0.05, 0.1) is 11.9 Å². The number of nitrogens with zero attached hydrogens (tertiary/aromatic N) is 3. The van der Waals surface area contributed by atoms with E-state index in [1.807, 2.05) is 67.7 Å². The average molecular weight is 387 g/mol. The molecule has 0 bridgehead atoms. The number of para-hydroxylation sites is 1. The van der Waals surface area contributed by atoms with E-state index in [0.29, 0.717) is 18.0 Å². The third-order valence-electron chi connectivity index (χ3n) is 4.51. The third kappa shape index (κ3) is 4.79. The van der Waals surface area contributed by atoms with Crippen LogP contribution < -0.4 is 0 Å². The molecular weight excluding hydrogens is 366 g/mol. The molecule has 0 saturated heterocycles. The van der Waals surface area contributed by atoms with Crippen molar-refractivity contribution in [1.82, 2.24) is 14.8 Å². The summed E-state index contributed by atoms with van der Waals surface area (Å²) in [5.74, 6) is 0.238. The van der Waals surface area contributed by atoms with E-state index < -0.39 is 0 Å². The van der Waals surface area contributed by atoms with Gasteiger partial charge in [0, 0.05) is 18.2 Å². The van der Waals surface area contributed by atoms with Crippen molar-refractivity contribution in [3.63, 3.8) is 0 Å². The van der Waals surface area contributed by atoms with Gasteiger partial charge in [0.25, 0.3) is 0 Å². The van der Waals surface area contributed by atoms with Gasteiger partial charge in [-0.25, -0.2) is 9.67 Å². The van der Waals surface area contributed by atoms with Crippen LogP contribution in [-0.4, -0.2) is 20.7 Å². The van der Waals surface area contributed by atoms with Crippen LogP contribution in [0.5, 0.6) is 0 Å². The van der Waals surface area contributed by atoms with Crippen LogP contribution in [-0.2, 0) is 22.6 Å². The summed E-state index contributed by atoms with van der Waals surface area (Å²) in [6, 6.07) is 17.7. The van der Waals surface area contributed by atoms with Gasteiger partial charge in [-0.2, -0.15) is 5.10 Å². The SMILES string of the molecule is Cc1ccc(-c2nc(COC(=O)CCc3cnn(-c4ccccc4)c3)co2)cc1. The number of aryl methyl sites for hydroxylation is 2. The van der Waals surface area contributed by atoms with E-state index in [0.717, 1.165) is 16.8 Å². The lowest BCUT2D eigenvalue weighted by atomic mass is 10.1. The maximum atomic E-state index is 12.1. The second-order valence-corrected chi connectivity index (χ2v) is 6.80. The van der Waals surface area contributed by atoms with Gasteiger partial charge in [0.2, 0.25) is 5.89 Å². The maximum Gasteiger partial charge on any atom is 0.306 e. The molecule has 0 radical (unpaired) electrons. The molecule has 6 nitrogen and oxygen atoms in total. The fourth-order valence-corrected chi connectivity index (χ4v) is 2.89. The number of carbonyl (C=O) groups is 1. The number of ether oxygens (including phenoxy) is 1. The number of hydrogen-bond donors (Lipinski definition) is 0. The Bertz CT molecular complexity index is 1080. The quantitative estimate of drug-likeness (QED) is 0.436. The molecule has 6 heteroatoms. The van der Waals surface area contributed by atoms with Crippen LogP contribution in [0.15, 0.2) is 77.7 Å². The third-order valence-corrected chi connectivity index (χ3v) is 4.51. The van der Waals surface area contributed by atoms with Gasteiger partial charge in [-0.15, -0.1) is 0 Å². The molecule has 4 rings (SSSR count). The Labute approximate surface area is 168 Å². The summed E-state index contributed by atoms with van der Waals surface area (Å²) in [4.78, 5) is 16.5. The second kappa shape index (κ2) is 8.56. The van der Waals surface area contributed by atoms with E-state index in [2.05, 4.69) is 10.1 Å². The molecule has 2 aromatic carbocycles. The zero-order chi connectivity index (χ0) is 20.1. The summed E-state index contributed by atoms with van der Waals surface area (Å²) in [7, 11) is 0. The maximum absolute atomic E-state index is 12.1. The highest BCUT2D eigenvalue weighted by atomic mass is 16.5. The predicted molar refractivity (Wildman–Crippen MR) is 108 cm³/mol. The molecule has 0 amide bonds. The molecule has 0 N–H and O–H groups in total. The van der Waals surface area contributed by atoms with Crippen molar-refractivity contribution in [2.75, 3.05) is 0 Å². The van der Waals surface area contributed by atoms with Crippen LogP contribution in [0, 0.1) is 6.92 Å². The molecule has 29 heavy (non-hydrogen) atoms. The van der Waals surface area contributed by atoms with E-state index in [1.165, 1.54) is 11.8 Å². The Balaban J connectivity index is 1.27. The zero-order valence-corrected chi connectivity index (χ0v) is 16.1. The zero-order valence-electron chi connectivity index (χ0n) is 16.1. The number of hydrogen-bond acceptors (Lipinski definition) is 5. The second-order valence-electron chi connectivity index (χ2n) is 6.80. The van der Waals surface area contributed by atoms with Crippen LogP contribution in [0.3, 0.4) is 0 Å². The highest BCUT2D eigenvalue weighted by Gasteiger charge is 2.10. The molecule has 0 aliphatic rings. The van der Waals surface area contributed by atoms with Gasteiger partial charge in [0.1, 0.15) is 18.6 Å². The summed E-state index contributed by atoms with van der Waals surface area (Å²) in [6.45, 7) is 2.12. The Morgan fingerprint density at radius 3 is 2.69 bits per heavy atom. The Morgan fingerprint density at radius 2 is 1.90 bits per heavy atom. The lowest BCUT2D eigenvalue weighted by Crippen LogP contribution is -2.06. The van der Waals surface area contributed by atoms with Gasteiger partial charge in [-0.3, -0.25) is 4.79 Å². The Kier molecular flexibility index (Phi) is 5.52. The topological polar surface area (TPSA) is 70.2 Å². The standard InChI is InChI=1S/C23H21N3O3/c1-17-7-10-19(11-8-17)23-25-20(16-29-23)15-28-22(27)12-9-18-13-24-26(14-18)21-5-3-2-4-6-21/h2-8,10-11,13-14,16H,9,12,15H2,1H3. The van der Waals surface area contributed by atoms with Crippen molar-refractivity contribution in [3.8, 4) is 17.1 Å². The summed E-state index contributed by atoms with van der Waals surface area (Å²) >= 11 is 0.